The van der Waals surface area contributed by atoms with Crippen molar-refractivity contribution in [1.29, 1.82) is 0 Å². The molecular weight excluding hydrogens is 497 g/mol. The van der Waals surface area contributed by atoms with Crippen LogP contribution in [0.4, 0.5) is 0 Å². The van der Waals surface area contributed by atoms with Crippen molar-refractivity contribution in [2.75, 3.05) is 0 Å². The van der Waals surface area contributed by atoms with Gasteiger partial charge < -0.3 is 4.43 Å². The first kappa shape index (κ1) is 24.3. The van der Waals surface area contributed by atoms with Crippen molar-refractivity contribution in [2.45, 2.75) is 30.5 Å². The molecular formula is C33H34OSi3. The van der Waals surface area contributed by atoms with Crippen LogP contribution in [0, 0.1) is 0 Å². The zero-order chi connectivity index (χ0) is 25.4. The van der Waals surface area contributed by atoms with Crippen LogP contribution in [0.5, 0.6) is 0 Å². The summed E-state index contributed by atoms with van der Waals surface area (Å²) >= 11 is 0. The summed E-state index contributed by atoms with van der Waals surface area (Å²) in [6, 6.07) is 32.0. The third-order valence-corrected chi connectivity index (χ3v) is 30.4. The minimum absolute atomic E-state index is 0.123. The van der Waals surface area contributed by atoms with Crippen molar-refractivity contribution in [2.24, 2.45) is 0 Å². The third kappa shape index (κ3) is 4.38. The summed E-state index contributed by atoms with van der Waals surface area (Å²) in [6.45, 7) is 12.4. The Bertz CT molecular complexity index is 1660. The molecule has 1 aliphatic rings. The Morgan fingerprint density at radius 1 is 0.703 bits per heavy atom. The van der Waals surface area contributed by atoms with Crippen LogP contribution >= 0.6 is 0 Å². The molecule has 0 aromatic heterocycles. The van der Waals surface area contributed by atoms with Crippen molar-refractivity contribution in [3.8, 4) is 0 Å². The summed E-state index contributed by atoms with van der Waals surface area (Å²) < 4.78 is 7.37. The van der Waals surface area contributed by atoms with Gasteiger partial charge in [0.2, 0.25) is 0 Å². The molecule has 0 amide bonds. The number of rotatable bonds is 7. The third-order valence-electron chi connectivity index (χ3n) is 8.22. The van der Waals surface area contributed by atoms with Crippen molar-refractivity contribution < 1.29 is 4.43 Å². The van der Waals surface area contributed by atoms with Crippen LogP contribution in [0.25, 0.3) is 43.1 Å². The van der Waals surface area contributed by atoms with Crippen molar-refractivity contribution in [3.05, 3.63) is 117 Å². The van der Waals surface area contributed by atoms with E-state index in [4.69, 9.17) is 4.43 Å². The highest BCUT2D eigenvalue weighted by atomic mass is 29.6. The average molecular weight is 531 g/mol. The molecule has 0 aliphatic carbocycles. The molecule has 1 aliphatic heterocycles. The molecule has 1 nitrogen and oxygen atoms in total. The largest absolute Gasteiger partial charge is 0.413 e. The molecule has 4 heteroatoms. The van der Waals surface area contributed by atoms with E-state index in [0.717, 1.165) is 12.8 Å². The lowest BCUT2D eigenvalue weighted by Gasteiger charge is -2.44. The van der Waals surface area contributed by atoms with Gasteiger partial charge in [-0.3, -0.25) is 0 Å². The van der Waals surface area contributed by atoms with Crippen molar-refractivity contribution >= 4 is 73.7 Å². The lowest BCUT2D eigenvalue weighted by molar-refractivity contribution is 0.0985. The Kier molecular flexibility index (Phi) is 6.59. The van der Waals surface area contributed by atoms with E-state index in [0.29, 0.717) is 0 Å². The molecule has 6 rings (SSSR count). The standard InChI is InChI=1S/C33H34OSi3/c1-4-17-33(18-5-2)23-36(19-6-3)35-37(34-33)32-28-14-10-9-13-26(28)22-31-29(32)16-15-27-20-24-11-7-8-12-25(24)21-30(27)31/h4-16,20-22,36-37H,1-3,17-19,23,35H2. The fourth-order valence-corrected chi connectivity index (χ4v) is 32.8. The number of benzene rings is 5. The van der Waals surface area contributed by atoms with Gasteiger partial charge in [-0.2, -0.15) is 0 Å². The second kappa shape index (κ2) is 10.0. The van der Waals surface area contributed by atoms with Gasteiger partial charge in [-0.15, -0.1) is 19.7 Å². The van der Waals surface area contributed by atoms with Gasteiger partial charge in [0.05, 0.1) is 5.60 Å². The van der Waals surface area contributed by atoms with Crippen LogP contribution in [0.3, 0.4) is 0 Å². The molecule has 5 aromatic carbocycles. The molecule has 0 bridgehead atoms. The number of hydrogen-bond donors (Lipinski definition) is 0. The second-order valence-electron chi connectivity index (χ2n) is 10.7. The van der Waals surface area contributed by atoms with E-state index in [1.807, 2.05) is 0 Å². The maximum atomic E-state index is 7.37. The second-order valence-corrected chi connectivity index (χ2v) is 26.9. The Hall–Kier alpha value is -3.03. The summed E-state index contributed by atoms with van der Waals surface area (Å²) in [5.41, 5.74) is -0.123. The highest BCUT2D eigenvalue weighted by Gasteiger charge is 2.42. The molecule has 0 spiro atoms. The maximum Gasteiger partial charge on any atom is 0.186 e. The minimum Gasteiger partial charge on any atom is -0.413 e. The zero-order valence-corrected chi connectivity index (χ0v) is 25.2. The van der Waals surface area contributed by atoms with Gasteiger partial charge in [0, 0.05) is 16.9 Å². The predicted molar refractivity (Wildman–Crippen MR) is 172 cm³/mol. The van der Waals surface area contributed by atoms with E-state index in [2.05, 4.69) is 117 Å². The highest BCUT2D eigenvalue weighted by Crippen LogP contribution is 2.36. The smallest absolute Gasteiger partial charge is 0.186 e. The molecule has 2 unspecified atom stereocenters. The SMILES string of the molecule is C=CC[SiH]1CC(CC=C)(CC=C)O[SiH](c2c3ccccc3cc3c2ccc2cc4ccccc4cc23)[SiH2]1. The topological polar surface area (TPSA) is 9.23 Å². The van der Waals surface area contributed by atoms with Gasteiger partial charge in [-0.1, -0.05) is 78.9 Å². The zero-order valence-electron chi connectivity index (χ0n) is 21.5. The summed E-state index contributed by atoms with van der Waals surface area (Å²) in [6.07, 6.45) is 8.15. The normalized spacial score (nSPS) is 20.0. The molecule has 0 radical (unpaired) electrons. The highest BCUT2D eigenvalue weighted by molar-refractivity contribution is 7.44. The van der Waals surface area contributed by atoms with Gasteiger partial charge in [-0.05, 0) is 91.4 Å². The van der Waals surface area contributed by atoms with Gasteiger partial charge in [0.25, 0.3) is 0 Å². The van der Waals surface area contributed by atoms with Gasteiger partial charge >= 0.3 is 0 Å². The number of allylic oxidation sites excluding steroid dienone is 1. The van der Waals surface area contributed by atoms with Crippen LogP contribution < -0.4 is 5.19 Å². The van der Waals surface area contributed by atoms with Crippen LogP contribution in [0.2, 0.25) is 12.1 Å². The average Bonchev–Trinajstić information content (AvgIpc) is 2.91. The van der Waals surface area contributed by atoms with E-state index in [9.17, 15) is 0 Å². The molecule has 2 atom stereocenters. The summed E-state index contributed by atoms with van der Waals surface area (Å²) in [5.74, 6) is 0. The van der Waals surface area contributed by atoms with Crippen LogP contribution in [-0.4, -0.2) is 31.0 Å². The monoisotopic (exact) mass is 530 g/mol. The van der Waals surface area contributed by atoms with Gasteiger partial charge in [-0.25, -0.2) is 0 Å². The van der Waals surface area contributed by atoms with E-state index in [1.54, 1.807) is 5.19 Å². The summed E-state index contributed by atoms with van der Waals surface area (Å²) in [5, 5.41) is 12.3. The first-order valence-electron chi connectivity index (χ1n) is 13.4. The fourth-order valence-electron chi connectivity index (χ4n) is 6.72. The van der Waals surface area contributed by atoms with Crippen LogP contribution in [-0.2, 0) is 4.43 Å². The van der Waals surface area contributed by atoms with E-state index in [1.165, 1.54) is 55.2 Å². The Morgan fingerprint density at radius 2 is 1.35 bits per heavy atom. The van der Waals surface area contributed by atoms with E-state index >= 15 is 0 Å². The van der Waals surface area contributed by atoms with E-state index in [-0.39, 0.29) is 14.2 Å². The molecule has 1 heterocycles. The Morgan fingerprint density at radius 3 is 2.08 bits per heavy atom. The lowest BCUT2D eigenvalue weighted by Crippen LogP contribution is -2.59. The first-order chi connectivity index (χ1) is 18.1. The van der Waals surface area contributed by atoms with Crippen molar-refractivity contribution in [3.63, 3.8) is 0 Å². The molecule has 0 saturated carbocycles. The number of hydrogen-bond acceptors (Lipinski definition) is 1. The Balaban J connectivity index is 1.63. The Labute approximate surface area is 224 Å². The molecule has 37 heavy (non-hydrogen) atoms. The van der Waals surface area contributed by atoms with Gasteiger partial charge in [0.15, 0.2) is 8.56 Å². The lowest BCUT2D eigenvalue weighted by atomic mass is 9.96. The maximum absolute atomic E-state index is 7.37. The van der Waals surface area contributed by atoms with E-state index < -0.39 is 16.9 Å². The number of fused-ring (bicyclic) bond motifs is 5. The quantitative estimate of drug-likeness (QED) is 0.0981. The summed E-state index contributed by atoms with van der Waals surface area (Å²) in [4.78, 5) is 0. The molecule has 184 valence electrons. The van der Waals surface area contributed by atoms with Crippen LogP contribution in [0.1, 0.15) is 12.8 Å². The first-order valence-corrected chi connectivity index (χ1v) is 22.6. The molecule has 1 fully saturated rings. The van der Waals surface area contributed by atoms with Gasteiger partial charge in [0.1, 0.15) is 0 Å². The molecule has 1 saturated heterocycles. The van der Waals surface area contributed by atoms with Crippen molar-refractivity contribution in [1.82, 2.24) is 0 Å². The molecule has 5 aromatic rings. The summed E-state index contributed by atoms with van der Waals surface area (Å²) in [7, 11) is -2.88. The van der Waals surface area contributed by atoms with Crippen LogP contribution in [0.15, 0.2) is 117 Å². The minimum atomic E-state index is -1.64. The predicted octanol–water partition coefficient (Wildman–Crippen LogP) is 6.73. The molecule has 0 N–H and O–H groups in total. The fraction of sp³-hybridized carbons (Fsp3) is 0.152.